The molecule has 2 aromatic rings. The molecule has 0 bridgehead atoms. The number of hydrogen-bond acceptors (Lipinski definition) is 6. The number of rotatable bonds is 4. The lowest BCUT2D eigenvalue weighted by atomic mass is 10.2. The van der Waals surface area contributed by atoms with Gasteiger partial charge in [0.15, 0.2) is 11.5 Å². The molecule has 0 aliphatic carbocycles. The Bertz CT molecular complexity index is 718. The van der Waals surface area contributed by atoms with Crippen LogP contribution in [0.2, 0.25) is 0 Å². The molecule has 0 unspecified atom stereocenters. The van der Waals surface area contributed by atoms with Crippen molar-refractivity contribution in [3.8, 4) is 17.2 Å². The summed E-state index contributed by atoms with van der Waals surface area (Å²) >= 11 is 0. The fraction of sp³-hybridized carbons (Fsp3) is 0.0714. The predicted octanol–water partition coefficient (Wildman–Crippen LogP) is 2.52. The highest BCUT2D eigenvalue weighted by Gasteiger charge is 2.07. The van der Waals surface area contributed by atoms with Gasteiger partial charge in [-0.1, -0.05) is 6.07 Å². The van der Waals surface area contributed by atoms with Crippen molar-refractivity contribution in [2.75, 3.05) is 5.32 Å². The molecule has 8 nitrogen and oxygen atoms in total. The van der Waals surface area contributed by atoms with Gasteiger partial charge in [-0.3, -0.25) is 0 Å². The van der Waals surface area contributed by atoms with Gasteiger partial charge < -0.3 is 26.0 Å². The van der Waals surface area contributed by atoms with Crippen LogP contribution in [0.25, 0.3) is 0 Å². The van der Waals surface area contributed by atoms with E-state index in [2.05, 4.69) is 15.8 Å². The predicted molar refractivity (Wildman–Crippen MR) is 79.2 cm³/mol. The third kappa shape index (κ3) is 3.63. The number of hydrogen-bond donors (Lipinski definition) is 5. The zero-order valence-corrected chi connectivity index (χ0v) is 11.3. The van der Waals surface area contributed by atoms with Crippen molar-refractivity contribution >= 4 is 17.4 Å². The van der Waals surface area contributed by atoms with E-state index in [9.17, 15) is 25.0 Å². The van der Waals surface area contributed by atoms with Crippen LogP contribution >= 0.6 is 0 Å². The van der Waals surface area contributed by atoms with Crippen molar-refractivity contribution in [1.82, 2.24) is 5.32 Å². The van der Waals surface area contributed by atoms with Crippen molar-refractivity contribution in [1.29, 1.82) is 0 Å². The van der Waals surface area contributed by atoms with Gasteiger partial charge in [0.2, 0.25) is 0 Å². The van der Waals surface area contributed by atoms with Crippen LogP contribution in [-0.2, 0) is 6.54 Å². The molecule has 0 fully saturated rings. The number of phenolic OH excluding ortho intramolecular Hbond substituents is 3. The van der Waals surface area contributed by atoms with E-state index in [1.807, 2.05) is 0 Å². The first kappa shape index (κ1) is 15.1. The zero-order chi connectivity index (χ0) is 16.1. The molecule has 22 heavy (non-hydrogen) atoms. The molecule has 0 spiro atoms. The quantitative estimate of drug-likeness (QED) is 0.437. The van der Waals surface area contributed by atoms with Crippen LogP contribution < -0.4 is 10.6 Å². The number of nitrogens with one attached hydrogen (secondary N) is 2. The second-order valence-corrected chi connectivity index (χ2v) is 4.43. The van der Waals surface area contributed by atoms with Gasteiger partial charge in [0.05, 0.1) is 0 Å². The summed E-state index contributed by atoms with van der Waals surface area (Å²) in [5, 5.41) is 35.6. The van der Waals surface area contributed by atoms with Gasteiger partial charge in [-0.2, -0.15) is 0 Å². The van der Waals surface area contributed by atoms with Crippen molar-refractivity contribution in [2.24, 2.45) is 5.18 Å². The lowest BCUT2D eigenvalue weighted by Gasteiger charge is -2.09. The second kappa shape index (κ2) is 6.44. The van der Waals surface area contributed by atoms with Crippen molar-refractivity contribution in [3.05, 3.63) is 46.9 Å². The molecule has 0 radical (unpaired) electrons. The van der Waals surface area contributed by atoms with Crippen LogP contribution in [0, 0.1) is 4.91 Å². The minimum absolute atomic E-state index is 0.120. The molecule has 0 aliphatic rings. The smallest absolute Gasteiger partial charge is 0.319 e. The fourth-order valence-corrected chi connectivity index (χ4v) is 1.71. The minimum atomic E-state index is -0.543. The Balaban J connectivity index is 1.94. The molecular weight excluding hydrogens is 290 g/mol. The highest BCUT2D eigenvalue weighted by Crippen LogP contribution is 2.29. The van der Waals surface area contributed by atoms with E-state index in [0.29, 0.717) is 5.56 Å². The summed E-state index contributed by atoms with van der Waals surface area (Å²) in [5.41, 5.74) is 0.760. The average Bonchev–Trinajstić information content (AvgIpc) is 2.49. The van der Waals surface area contributed by atoms with E-state index in [0.717, 1.165) is 0 Å². The van der Waals surface area contributed by atoms with Crippen molar-refractivity contribution in [2.45, 2.75) is 6.54 Å². The van der Waals surface area contributed by atoms with Crippen molar-refractivity contribution < 1.29 is 20.1 Å². The summed E-state index contributed by atoms with van der Waals surface area (Å²) in [5.74, 6) is -0.856. The molecule has 2 aromatic carbocycles. The maximum Gasteiger partial charge on any atom is 0.319 e. The molecule has 0 saturated carbocycles. The van der Waals surface area contributed by atoms with E-state index < -0.39 is 6.03 Å². The van der Waals surface area contributed by atoms with Gasteiger partial charge in [0, 0.05) is 18.3 Å². The van der Waals surface area contributed by atoms with Gasteiger partial charge in [-0.15, -0.1) is 4.91 Å². The number of nitroso groups, excluding NO2 is 1. The highest BCUT2D eigenvalue weighted by atomic mass is 16.3. The third-order valence-corrected chi connectivity index (χ3v) is 2.82. The highest BCUT2D eigenvalue weighted by molar-refractivity contribution is 5.89. The fourth-order valence-electron chi connectivity index (χ4n) is 1.71. The number of carbonyl (C=O) groups is 1. The van der Waals surface area contributed by atoms with Crippen LogP contribution in [-0.4, -0.2) is 21.4 Å². The first-order valence-electron chi connectivity index (χ1n) is 6.21. The maximum absolute atomic E-state index is 11.7. The zero-order valence-electron chi connectivity index (χ0n) is 11.3. The number of benzene rings is 2. The molecule has 0 atom stereocenters. The Morgan fingerprint density at radius 1 is 1.00 bits per heavy atom. The summed E-state index contributed by atoms with van der Waals surface area (Å²) in [6, 6.07) is 7.53. The number of nitrogens with zero attached hydrogens (tertiary/aromatic N) is 1. The number of aromatic hydroxyl groups is 3. The second-order valence-electron chi connectivity index (χ2n) is 4.43. The average molecular weight is 303 g/mol. The Labute approximate surface area is 125 Å². The molecule has 0 aliphatic heterocycles. The van der Waals surface area contributed by atoms with Gasteiger partial charge in [0.25, 0.3) is 0 Å². The van der Waals surface area contributed by atoms with E-state index >= 15 is 0 Å². The number of phenols is 3. The number of urea groups is 1. The largest absolute Gasteiger partial charge is 0.505 e. The SMILES string of the molecule is O=Nc1ccc(NC(=O)NCc2ccc(O)c(O)c2)cc1O. The first-order valence-corrected chi connectivity index (χ1v) is 6.21. The monoisotopic (exact) mass is 303 g/mol. The minimum Gasteiger partial charge on any atom is -0.505 e. The molecule has 2 amide bonds. The van der Waals surface area contributed by atoms with Crippen LogP contribution in [0.1, 0.15) is 5.56 Å². The van der Waals surface area contributed by atoms with Crippen LogP contribution in [0.15, 0.2) is 41.6 Å². The van der Waals surface area contributed by atoms with Crippen LogP contribution in [0.5, 0.6) is 17.2 Å². The number of carbonyl (C=O) groups excluding carboxylic acids is 1. The summed E-state index contributed by atoms with van der Waals surface area (Å²) in [7, 11) is 0. The summed E-state index contributed by atoms with van der Waals surface area (Å²) in [6.07, 6.45) is 0. The molecule has 114 valence electrons. The van der Waals surface area contributed by atoms with E-state index in [1.54, 1.807) is 6.07 Å². The van der Waals surface area contributed by atoms with E-state index in [1.165, 1.54) is 30.3 Å². The lowest BCUT2D eigenvalue weighted by molar-refractivity contribution is 0.251. The van der Waals surface area contributed by atoms with Gasteiger partial charge in [0.1, 0.15) is 11.4 Å². The van der Waals surface area contributed by atoms with Crippen molar-refractivity contribution in [3.63, 3.8) is 0 Å². The Hall–Kier alpha value is -3.29. The number of anilines is 1. The third-order valence-electron chi connectivity index (χ3n) is 2.82. The molecule has 0 saturated heterocycles. The summed E-state index contributed by atoms with van der Waals surface area (Å²) in [4.78, 5) is 22.0. The van der Waals surface area contributed by atoms with Crippen LogP contribution in [0.4, 0.5) is 16.2 Å². The van der Waals surface area contributed by atoms with Gasteiger partial charge in [-0.05, 0) is 35.0 Å². The Morgan fingerprint density at radius 3 is 2.41 bits per heavy atom. The molecule has 8 heteroatoms. The Morgan fingerprint density at radius 2 is 1.77 bits per heavy atom. The molecule has 5 N–H and O–H groups in total. The maximum atomic E-state index is 11.7. The first-order chi connectivity index (χ1) is 10.5. The van der Waals surface area contributed by atoms with E-state index in [-0.39, 0.29) is 35.2 Å². The molecule has 2 rings (SSSR count). The normalized spacial score (nSPS) is 10.0. The molecular formula is C14H13N3O5. The standard InChI is InChI=1S/C14H13N3O5/c18-11-4-1-8(5-13(11)20)7-15-14(21)16-9-2-3-10(17-22)12(19)6-9/h1-6,18-20H,7H2,(H2,15,16,21). The van der Waals surface area contributed by atoms with Gasteiger partial charge in [-0.25, -0.2) is 4.79 Å². The summed E-state index contributed by atoms with van der Waals surface area (Å²) < 4.78 is 0. The molecule has 0 aromatic heterocycles. The van der Waals surface area contributed by atoms with Crippen LogP contribution in [0.3, 0.4) is 0 Å². The van der Waals surface area contributed by atoms with E-state index in [4.69, 9.17) is 0 Å². The van der Waals surface area contributed by atoms with Gasteiger partial charge >= 0.3 is 6.03 Å². The summed E-state index contributed by atoms with van der Waals surface area (Å²) in [6.45, 7) is 0.125. The number of amides is 2. The Kier molecular flexibility index (Phi) is 4.42. The lowest BCUT2D eigenvalue weighted by Crippen LogP contribution is -2.28. The molecule has 0 heterocycles. The topological polar surface area (TPSA) is 131 Å².